The number of likely N-dealkylation sites (tertiary alicyclic amines) is 1. The first-order valence-corrected chi connectivity index (χ1v) is 8.39. The molecule has 0 unspecified atom stereocenters. The summed E-state index contributed by atoms with van der Waals surface area (Å²) < 4.78 is 7.34. The van der Waals surface area contributed by atoms with E-state index < -0.39 is 5.60 Å². The first kappa shape index (κ1) is 17.6. The van der Waals surface area contributed by atoms with Crippen LogP contribution in [-0.2, 0) is 11.8 Å². The van der Waals surface area contributed by atoms with E-state index in [-0.39, 0.29) is 6.09 Å². The number of aromatic nitrogens is 2. The highest BCUT2D eigenvalue weighted by Gasteiger charge is 2.26. The number of carbonyl (C=O) groups excluding carboxylic acids is 1. The van der Waals surface area contributed by atoms with Crippen molar-refractivity contribution in [1.29, 1.82) is 0 Å². The summed E-state index contributed by atoms with van der Waals surface area (Å²) in [6.45, 7) is 12.3. The van der Waals surface area contributed by atoms with Crippen LogP contribution in [0.15, 0.2) is 0 Å². The maximum atomic E-state index is 12.1. The molecule has 1 fully saturated rings. The average Bonchev–Trinajstić information content (AvgIpc) is 2.69. The number of amides is 1. The van der Waals surface area contributed by atoms with Crippen LogP contribution in [0.3, 0.4) is 0 Å². The Morgan fingerprint density at radius 3 is 2.39 bits per heavy atom. The summed E-state index contributed by atoms with van der Waals surface area (Å²) in [7, 11) is 1.97. The maximum absolute atomic E-state index is 12.1. The van der Waals surface area contributed by atoms with Gasteiger partial charge in [0.15, 0.2) is 0 Å². The third kappa shape index (κ3) is 4.62. The van der Waals surface area contributed by atoms with Crippen molar-refractivity contribution in [3.63, 3.8) is 0 Å². The van der Waals surface area contributed by atoms with Crippen LogP contribution in [0.1, 0.15) is 45.0 Å². The Labute approximate surface area is 139 Å². The Morgan fingerprint density at radius 1 is 1.30 bits per heavy atom. The molecule has 1 aliphatic heterocycles. The van der Waals surface area contributed by atoms with E-state index in [2.05, 4.69) is 17.3 Å². The van der Waals surface area contributed by atoms with Crippen LogP contribution in [0, 0.1) is 19.8 Å². The molecule has 0 aromatic carbocycles. The number of hydrogen-bond donors (Lipinski definition) is 1. The van der Waals surface area contributed by atoms with Gasteiger partial charge in [0, 0.05) is 26.7 Å². The topological polar surface area (TPSA) is 59.4 Å². The summed E-state index contributed by atoms with van der Waals surface area (Å²) in [4.78, 5) is 13.9. The van der Waals surface area contributed by atoms with Crippen molar-refractivity contribution >= 4 is 11.8 Å². The van der Waals surface area contributed by atoms with Gasteiger partial charge in [-0.1, -0.05) is 0 Å². The fourth-order valence-corrected chi connectivity index (χ4v) is 2.92. The first-order chi connectivity index (χ1) is 10.7. The molecule has 1 aromatic heterocycles. The van der Waals surface area contributed by atoms with Gasteiger partial charge in [0.05, 0.1) is 17.1 Å². The molecule has 0 bridgehead atoms. The molecular formula is C17H30N4O2. The summed E-state index contributed by atoms with van der Waals surface area (Å²) in [5.74, 6) is 0.577. The SMILES string of the molecule is Cc1nn(C)c(C)c1NCC1CCN(C(=O)OC(C)(C)C)CC1. The molecule has 1 amide bonds. The largest absolute Gasteiger partial charge is 0.444 e. The van der Waals surface area contributed by atoms with E-state index in [4.69, 9.17) is 4.74 Å². The molecule has 2 heterocycles. The predicted octanol–water partition coefficient (Wildman–Crippen LogP) is 3.10. The lowest BCUT2D eigenvalue weighted by Crippen LogP contribution is -2.42. The van der Waals surface area contributed by atoms with Gasteiger partial charge in [-0.2, -0.15) is 5.10 Å². The Kier molecular flexibility index (Phi) is 5.22. The molecular weight excluding hydrogens is 292 g/mol. The standard InChI is InChI=1S/C17H30N4O2/c1-12-15(13(2)20(6)19-12)18-11-14-7-9-21(10-8-14)16(22)23-17(3,4)5/h14,18H,7-11H2,1-6H3. The van der Waals surface area contributed by atoms with Crippen molar-refractivity contribution in [2.24, 2.45) is 13.0 Å². The minimum Gasteiger partial charge on any atom is -0.444 e. The third-order valence-corrected chi connectivity index (χ3v) is 4.34. The van der Waals surface area contributed by atoms with E-state index in [0.717, 1.165) is 49.6 Å². The number of nitrogens with zero attached hydrogens (tertiary/aromatic N) is 3. The molecule has 6 heteroatoms. The Hall–Kier alpha value is -1.72. The highest BCUT2D eigenvalue weighted by Crippen LogP contribution is 2.23. The van der Waals surface area contributed by atoms with Gasteiger partial charge in [0.1, 0.15) is 5.60 Å². The van der Waals surface area contributed by atoms with Crippen LogP contribution in [0.25, 0.3) is 0 Å². The normalized spacial score (nSPS) is 16.5. The van der Waals surface area contributed by atoms with Crippen LogP contribution >= 0.6 is 0 Å². The highest BCUT2D eigenvalue weighted by molar-refractivity contribution is 5.68. The van der Waals surface area contributed by atoms with Gasteiger partial charge >= 0.3 is 6.09 Å². The summed E-state index contributed by atoms with van der Waals surface area (Å²) in [6.07, 6.45) is 1.82. The second-order valence-electron chi connectivity index (χ2n) is 7.46. The lowest BCUT2D eigenvalue weighted by molar-refractivity contribution is 0.0188. The number of aryl methyl sites for hydroxylation is 2. The second-order valence-corrected chi connectivity index (χ2v) is 7.46. The van der Waals surface area contributed by atoms with E-state index in [9.17, 15) is 4.79 Å². The van der Waals surface area contributed by atoms with Crippen molar-refractivity contribution in [3.05, 3.63) is 11.4 Å². The van der Waals surface area contributed by atoms with Gasteiger partial charge in [-0.05, 0) is 53.4 Å². The smallest absolute Gasteiger partial charge is 0.410 e. The zero-order valence-electron chi connectivity index (χ0n) is 15.3. The predicted molar refractivity (Wildman–Crippen MR) is 91.7 cm³/mol. The van der Waals surface area contributed by atoms with Crippen molar-refractivity contribution < 1.29 is 9.53 Å². The van der Waals surface area contributed by atoms with E-state index in [1.165, 1.54) is 0 Å². The second kappa shape index (κ2) is 6.81. The molecule has 130 valence electrons. The Morgan fingerprint density at radius 2 is 1.91 bits per heavy atom. The fourth-order valence-electron chi connectivity index (χ4n) is 2.92. The average molecular weight is 322 g/mol. The molecule has 0 spiro atoms. The lowest BCUT2D eigenvalue weighted by atomic mass is 9.97. The number of carbonyl (C=O) groups is 1. The first-order valence-electron chi connectivity index (χ1n) is 8.39. The quantitative estimate of drug-likeness (QED) is 0.929. The lowest BCUT2D eigenvalue weighted by Gasteiger charge is -2.33. The van der Waals surface area contributed by atoms with Crippen LogP contribution < -0.4 is 5.32 Å². The number of hydrogen-bond acceptors (Lipinski definition) is 4. The van der Waals surface area contributed by atoms with E-state index in [1.54, 1.807) is 0 Å². The molecule has 0 aliphatic carbocycles. The van der Waals surface area contributed by atoms with Gasteiger partial charge in [-0.15, -0.1) is 0 Å². The van der Waals surface area contributed by atoms with Gasteiger partial charge in [0.2, 0.25) is 0 Å². The van der Waals surface area contributed by atoms with E-state index >= 15 is 0 Å². The molecule has 0 saturated carbocycles. The zero-order chi connectivity index (χ0) is 17.2. The number of ether oxygens (including phenoxy) is 1. The minimum absolute atomic E-state index is 0.192. The Balaban J connectivity index is 1.80. The molecule has 0 atom stereocenters. The van der Waals surface area contributed by atoms with Crippen molar-refractivity contribution in [2.45, 2.75) is 53.1 Å². The highest BCUT2D eigenvalue weighted by atomic mass is 16.6. The van der Waals surface area contributed by atoms with Gasteiger partial charge < -0.3 is 15.0 Å². The number of anilines is 1. The molecule has 2 rings (SSSR count). The van der Waals surface area contributed by atoms with E-state index in [1.807, 2.05) is 44.3 Å². The third-order valence-electron chi connectivity index (χ3n) is 4.34. The molecule has 1 N–H and O–H groups in total. The summed E-state index contributed by atoms with van der Waals surface area (Å²) in [5.41, 5.74) is 2.91. The molecule has 1 aliphatic rings. The monoisotopic (exact) mass is 322 g/mol. The zero-order valence-corrected chi connectivity index (χ0v) is 15.3. The Bertz CT molecular complexity index is 552. The number of rotatable bonds is 3. The minimum atomic E-state index is -0.426. The summed E-state index contributed by atoms with van der Waals surface area (Å²) in [5, 5.41) is 7.96. The van der Waals surface area contributed by atoms with Crippen molar-refractivity contribution in [1.82, 2.24) is 14.7 Å². The van der Waals surface area contributed by atoms with Crippen molar-refractivity contribution in [3.8, 4) is 0 Å². The number of piperidine rings is 1. The van der Waals surface area contributed by atoms with Gasteiger partial charge in [-0.25, -0.2) is 4.79 Å². The molecule has 6 nitrogen and oxygen atoms in total. The molecule has 1 saturated heterocycles. The van der Waals surface area contributed by atoms with Gasteiger partial charge in [0.25, 0.3) is 0 Å². The summed E-state index contributed by atoms with van der Waals surface area (Å²) in [6, 6.07) is 0. The number of nitrogens with one attached hydrogen (secondary N) is 1. The molecule has 0 radical (unpaired) electrons. The molecule has 23 heavy (non-hydrogen) atoms. The van der Waals surface area contributed by atoms with Crippen LogP contribution in [-0.4, -0.2) is 46.0 Å². The van der Waals surface area contributed by atoms with E-state index in [0.29, 0.717) is 5.92 Å². The fraction of sp³-hybridized carbons (Fsp3) is 0.765. The summed E-state index contributed by atoms with van der Waals surface area (Å²) >= 11 is 0. The van der Waals surface area contributed by atoms with Crippen molar-refractivity contribution in [2.75, 3.05) is 25.0 Å². The van der Waals surface area contributed by atoms with Gasteiger partial charge in [-0.3, -0.25) is 4.68 Å². The maximum Gasteiger partial charge on any atom is 0.410 e. The van der Waals surface area contributed by atoms with Crippen LogP contribution in [0.2, 0.25) is 0 Å². The molecule has 1 aromatic rings. The van der Waals surface area contributed by atoms with Crippen LogP contribution in [0.5, 0.6) is 0 Å². The van der Waals surface area contributed by atoms with Crippen LogP contribution in [0.4, 0.5) is 10.5 Å².